The Bertz CT molecular complexity index is 1060. The van der Waals surface area contributed by atoms with Gasteiger partial charge in [0, 0.05) is 11.1 Å². The molecule has 1 heterocycles. The number of hydrogen-bond donors (Lipinski definition) is 1. The van der Waals surface area contributed by atoms with Crippen LogP contribution in [-0.4, -0.2) is 18.2 Å². The number of phenolic OH excluding ortho intramolecular Hbond substituents is 1. The largest absolute Gasteiger partial charge is 0.505 e. The van der Waals surface area contributed by atoms with E-state index in [0.29, 0.717) is 21.9 Å². The molecular weight excluding hydrogens is 427 g/mol. The number of allylic oxidation sites excluding steroid dienone is 2. The van der Waals surface area contributed by atoms with Crippen molar-refractivity contribution in [3.63, 3.8) is 0 Å². The van der Waals surface area contributed by atoms with Gasteiger partial charge in [0.25, 0.3) is 0 Å². The first kappa shape index (κ1) is 20.6. The Morgan fingerprint density at radius 1 is 1.00 bits per heavy atom. The number of benzene rings is 2. The van der Waals surface area contributed by atoms with Crippen LogP contribution in [0.1, 0.15) is 40.9 Å². The van der Waals surface area contributed by atoms with Crippen LogP contribution in [0.5, 0.6) is 28.7 Å². The van der Waals surface area contributed by atoms with Gasteiger partial charge in [0.2, 0.25) is 0 Å². The van der Waals surface area contributed by atoms with Crippen LogP contribution in [0, 0.1) is 13.8 Å². The van der Waals surface area contributed by atoms with E-state index in [4.69, 9.17) is 49.0 Å². The molecular formula is C20H17Cl3O5. The summed E-state index contributed by atoms with van der Waals surface area (Å²) in [6, 6.07) is 0. The van der Waals surface area contributed by atoms with Crippen molar-refractivity contribution in [3.8, 4) is 28.7 Å². The van der Waals surface area contributed by atoms with Crippen molar-refractivity contribution >= 4 is 46.3 Å². The number of aromatic hydroxyl groups is 1. The molecule has 0 saturated carbocycles. The molecule has 0 unspecified atom stereocenters. The Labute approximate surface area is 177 Å². The molecule has 148 valence electrons. The SMILES string of the molecule is CC=C(C)c1c(Cl)c(OC)c(C)c2c1Oc1c(Cl)c(O)c(Cl)c(C)c1C(=O)O2. The van der Waals surface area contributed by atoms with Gasteiger partial charge in [0.1, 0.15) is 16.3 Å². The van der Waals surface area contributed by atoms with Crippen molar-refractivity contribution < 1.29 is 24.1 Å². The lowest BCUT2D eigenvalue weighted by atomic mass is 10.0. The van der Waals surface area contributed by atoms with E-state index in [1.807, 2.05) is 19.9 Å². The highest BCUT2D eigenvalue weighted by molar-refractivity contribution is 6.39. The number of ether oxygens (including phenoxy) is 3. The highest BCUT2D eigenvalue weighted by Gasteiger charge is 2.35. The predicted octanol–water partition coefficient (Wildman–Crippen LogP) is 6.73. The normalized spacial score (nSPS) is 13.3. The predicted molar refractivity (Wildman–Crippen MR) is 110 cm³/mol. The number of rotatable bonds is 2. The van der Waals surface area contributed by atoms with Crippen LogP contribution in [0.4, 0.5) is 0 Å². The number of esters is 1. The lowest BCUT2D eigenvalue weighted by Crippen LogP contribution is -2.11. The number of phenols is 1. The van der Waals surface area contributed by atoms with E-state index in [9.17, 15) is 9.90 Å². The van der Waals surface area contributed by atoms with Crippen molar-refractivity contribution in [3.05, 3.63) is 43.4 Å². The molecule has 0 atom stereocenters. The van der Waals surface area contributed by atoms with E-state index in [1.54, 1.807) is 13.8 Å². The van der Waals surface area contributed by atoms with E-state index >= 15 is 0 Å². The first-order valence-corrected chi connectivity index (χ1v) is 9.42. The second-order valence-electron chi connectivity index (χ2n) is 6.27. The molecule has 5 nitrogen and oxygen atoms in total. The average molecular weight is 444 g/mol. The van der Waals surface area contributed by atoms with Gasteiger partial charge in [0.15, 0.2) is 23.0 Å². The summed E-state index contributed by atoms with van der Waals surface area (Å²) in [6.45, 7) is 6.93. The number of halogens is 3. The van der Waals surface area contributed by atoms with Gasteiger partial charge in [0.05, 0.1) is 17.2 Å². The van der Waals surface area contributed by atoms with Gasteiger partial charge in [-0.3, -0.25) is 0 Å². The zero-order valence-electron chi connectivity index (χ0n) is 15.8. The molecule has 0 bridgehead atoms. The van der Waals surface area contributed by atoms with Crippen LogP contribution in [-0.2, 0) is 0 Å². The highest BCUT2D eigenvalue weighted by atomic mass is 35.5. The zero-order chi connectivity index (χ0) is 20.9. The molecule has 1 aliphatic rings. The fourth-order valence-corrected chi connectivity index (χ4v) is 4.00. The van der Waals surface area contributed by atoms with Gasteiger partial charge in [-0.15, -0.1) is 0 Å². The quantitative estimate of drug-likeness (QED) is 0.412. The molecule has 3 rings (SSSR count). The van der Waals surface area contributed by atoms with Crippen LogP contribution in [0.2, 0.25) is 15.1 Å². The summed E-state index contributed by atoms with van der Waals surface area (Å²) in [7, 11) is 1.47. The Morgan fingerprint density at radius 3 is 2.21 bits per heavy atom. The van der Waals surface area contributed by atoms with E-state index < -0.39 is 5.97 Å². The van der Waals surface area contributed by atoms with Crippen LogP contribution < -0.4 is 14.2 Å². The number of fused-ring (bicyclic) bond motifs is 2. The molecule has 0 radical (unpaired) electrons. The summed E-state index contributed by atoms with van der Waals surface area (Å²) in [5.41, 5.74) is 2.06. The summed E-state index contributed by atoms with van der Waals surface area (Å²) in [5, 5.41) is 10.3. The Kier molecular flexibility index (Phi) is 5.45. The van der Waals surface area contributed by atoms with Gasteiger partial charge in [-0.05, 0) is 38.8 Å². The standard InChI is InChI=1S/C20H17Cl3O5/c1-6-7(2)10-13(22)16(26-5)9(4)17-19(10)27-18-11(20(25)28-17)8(3)12(21)15(24)14(18)23/h6,24H,1-5H3. The molecule has 8 heteroatoms. The van der Waals surface area contributed by atoms with Crippen molar-refractivity contribution in [2.75, 3.05) is 7.11 Å². The maximum absolute atomic E-state index is 12.9. The fraction of sp³-hybridized carbons (Fsp3) is 0.250. The summed E-state index contributed by atoms with van der Waals surface area (Å²) < 4.78 is 17.1. The summed E-state index contributed by atoms with van der Waals surface area (Å²) in [6.07, 6.45) is 1.83. The first-order valence-electron chi connectivity index (χ1n) is 8.29. The lowest BCUT2D eigenvalue weighted by molar-refractivity contribution is 0.0735. The van der Waals surface area contributed by atoms with E-state index in [1.165, 1.54) is 7.11 Å². The zero-order valence-corrected chi connectivity index (χ0v) is 18.1. The van der Waals surface area contributed by atoms with Gasteiger partial charge >= 0.3 is 5.97 Å². The Hall–Kier alpha value is -2.08. The molecule has 1 aliphatic heterocycles. The molecule has 0 aromatic heterocycles. The highest BCUT2D eigenvalue weighted by Crippen LogP contribution is 2.55. The maximum atomic E-state index is 12.9. The topological polar surface area (TPSA) is 65.0 Å². The Morgan fingerprint density at radius 2 is 1.64 bits per heavy atom. The molecule has 1 N–H and O–H groups in total. The third kappa shape index (κ3) is 2.89. The monoisotopic (exact) mass is 442 g/mol. The van der Waals surface area contributed by atoms with E-state index in [2.05, 4.69) is 0 Å². The molecule has 0 aliphatic carbocycles. The van der Waals surface area contributed by atoms with Gasteiger partial charge in [-0.25, -0.2) is 4.79 Å². The summed E-state index contributed by atoms with van der Waals surface area (Å²) in [5.74, 6) is -0.417. The minimum Gasteiger partial charge on any atom is -0.505 e. The molecule has 28 heavy (non-hydrogen) atoms. The Balaban J connectivity index is 2.46. The second-order valence-corrected chi connectivity index (χ2v) is 7.41. The summed E-state index contributed by atoms with van der Waals surface area (Å²) >= 11 is 18.9. The summed E-state index contributed by atoms with van der Waals surface area (Å²) in [4.78, 5) is 12.9. The lowest BCUT2D eigenvalue weighted by Gasteiger charge is -2.20. The molecule has 2 aromatic rings. The second kappa shape index (κ2) is 7.39. The number of hydrogen-bond acceptors (Lipinski definition) is 5. The van der Waals surface area contributed by atoms with Crippen LogP contribution in [0.25, 0.3) is 5.57 Å². The maximum Gasteiger partial charge on any atom is 0.347 e. The van der Waals surface area contributed by atoms with Gasteiger partial charge in [-0.1, -0.05) is 40.9 Å². The average Bonchev–Trinajstić information content (AvgIpc) is 2.81. The number of methoxy groups -OCH3 is 1. The van der Waals surface area contributed by atoms with Crippen molar-refractivity contribution in [2.45, 2.75) is 27.7 Å². The van der Waals surface area contributed by atoms with E-state index in [0.717, 1.165) is 5.57 Å². The van der Waals surface area contributed by atoms with Crippen LogP contribution in [0.15, 0.2) is 6.08 Å². The smallest absolute Gasteiger partial charge is 0.347 e. The number of carbonyl (C=O) groups is 1. The first-order chi connectivity index (χ1) is 13.1. The van der Waals surface area contributed by atoms with Crippen LogP contribution >= 0.6 is 34.8 Å². The fourth-order valence-electron chi connectivity index (χ4n) is 3.08. The minimum absolute atomic E-state index is 0.0302. The van der Waals surface area contributed by atoms with Gasteiger partial charge < -0.3 is 19.3 Å². The molecule has 2 aromatic carbocycles. The van der Waals surface area contributed by atoms with E-state index in [-0.39, 0.29) is 44.2 Å². The molecule has 0 amide bonds. The molecule has 0 saturated heterocycles. The van der Waals surface area contributed by atoms with Crippen molar-refractivity contribution in [1.29, 1.82) is 0 Å². The van der Waals surface area contributed by atoms with Gasteiger partial charge in [-0.2, -0.15) is 0 Å². The van der Waals surface area contributed by atoms with Crippen LogP contribution in [0.3, 0.4) is 0 Å². The van der Waals surface area contributed by atoms with Crippen molar-refractivity contribution in [1.82, 2.24) is 0 Å². The van der Waals surface area contributed by atoms with Crippen molar-refractivity contribution in [2.24, 2.45) is 0 Å². The molecule has 0 spiro atoms. The molecule has 0 fully saturated rings. The minimum atomic E-state index is -0.716. The third-order valence-electron chi connectivity index (χ3n) is 4.71. The third-order valence-corrected chi connectivity index (χ3v) is 5.89. The number of carbonyl (C=O) groups excluding carboxylic acids is 1.